The van der Waals surface area contributed by atoms with Crippen LogP contribution in [-0.4, -0.2) is 54.6 Å². The van der Waals surface area contributed by atoms with Gasteiger partial charge in [-0.05, 0) is 52.4 Å². The third kappa shape index (κ3) is 4.68. The molecule has 1 saturated heterocycles. The summed E-state index contributed by atoms with van der Waals surface area (Å²) in [6, 6.07) is 4.54. The minimum absolute atomic E-state index is 0.184. The summed E-state index contributed by atoms with van der Waals surface area (Å²) in [6.45, 7) is 5.85. The predicted molar refractivity (Wildman–Crippen MR) is 99.3 cm³/mol. The van der Waals surface area contributed by atoms with Gasteiger partial charge >= 0.3 is 0 Å². The van der Waals surface area contributed by atoms with Crippen LogP contribution in [0.1, 0.15) is 39.5 Å². The van der Waals surface area contributed by atoms with E-state index < -0.39 is 5.54 Å². The van der Waals surface area contributed by atoms with Crippen LogP contribution in [0.15, 0.2) is 18.3 Å². The average molecular weight is 333 g/mol. The molecule has 1 aromatic rings. The molecule has 0 spiro atoms. The minimum atomic E-state index is -0.858. The highest BCUT2D eigenvalue weighted by atomic mass is 16.2. The van der Waals surface area contributed by atoms with Crippen LogP contribution in [0.2, 0.25) is 0 Å². The molecule has 0 radical (unpaired) electrons. The summed E-state index contributed by atoms with van der Waals surface area (Å²) in [5.74, 6) is 0.371. The topological polar surface area (TPSA) is 74.5 Å². The molecule has 2 heterocycles. The van der Waals surface area contributed by atoms with Gasteiger partial charge in [0.1, 0.15) is 5.82 Å². The van der Waals surface area contributed by atoms with Crippen molar-refractivity contribution in [1.29, 1.82) is 0 Å². The number of rotatable bonds is 6. The number of amides is 1. The fourth-order valence-corrected chi connectivity index (χ4v) is 3.18. The summed E-state index contributed by atoms with van der Waals surface area (Å²) >= 11 is 0. The number of nitrogens with zero attached hydrogens (tertiary/aromatic N) is 3. The van der Waals surface area contributed by atoms with Gasteiger partial charge in [-0.25, -0.2) is 4.98 Å². The SMILES string of the molecule is CCCC(C)(N)C(=O)Nc1ccc(N2CCC(N(C)C)CC2)cn1. The summed E-state index contributed by atoms with van der Waals surface area (Å²) in [4.78, 5) is 21.3. The van der Waals surface area contributed by atoms with Gasteiger partial charge in [-0.1, -0.05) is 13.3 Å². The first kappa shape index (κ1) is 18.7. The molecule has 24 heavy (non-hydrogen) atoms. The molecule has 3 N–H and O–H groups in total. The Labute approximate surface area is 145 Å². The number of nitrogens with two attached hydrogens (primary N) is 1. The first-order valence-electron chi connectivity index (χ1n) is 8.81. The second kappa shape index (κ2) is 7.94. The van der Waals surface area contributed by atoms with Crippen molar-refractivity contribution in [2.24, 2.45) is 5.73 Å². The van der Waals surface area contributed by atoms with Gasteiger partial charge in [0.15, 0.2) is 0 Å². The van der Waals surface area contributed by atoms with Gasteiger partial charge in [-0.3, -0.25) is 4.79 Å². The Hall–Kier alpha value is -1.66. The van der Waals surface area contributed by atoms with Gasteiger partial charge in [0.05, 0.1) is 17.4 Å². The van der Waals surface area contributed by atoms with Crippen LogP contribution in [-0.2, 0) is 4.79 Å². The lowest BCUT2D eigenvalue weighted by molar-refractivity contribution is -0.120. The van der Waals surface area contributed by atoms with E-state index in [9.17, 15) is 4.79 Å². The van der Waals surface area contributed by atoms with Gasteiger partial charge in [0.25, 0.3) is 0 Å². The monoisotopic (exact) mass is 333 g/mol. The van der Waals surface area contributed by atoms with Gasteiger partial charge in [0.2, 0.25) is 5.91 Å². The minimum Gasteiger partial charge on any atom is -0.370 e. The van der Waals surface area contributed by atoms with E-state index in [1.165, 1.54) is 0 Å². The number of carbonyl (C=O) groups is 1. The van der Waals surface area contributed by atoms with Crippen molar-refractivity contribution in [3.8, 4) is 0 Å². The third-order valence-electron chi connectivity index (χ3n) is 4.84. The number of hydrogen-bond acceptors (Lipinski definition) is 5. The lowest BCUT2D eigenvalue weighted by Crippen LogP contribution is -2.48. The molecule has 1 aliphatic heterocycles. The van der Waals surface area contributed by atoms with Crippen molar-refractivity contribution < 1.29 is 4.79 Å². The van der Waals surface area contributed by atoms with Crippen LogP contribution in [0, 0.1) is 0 Å². The molecule has 0 aromatic carbocycles. The zero-order valence-electron chi connectivity index (χ0n) is 15.4. The first-order chi connectivity index (χ1) is 11.3. The largest absolute Gasteiger partial charge is 0.370 e. The molecule has 1 unspecified atom stereocenters. The molecule has 1 atom stereocenters. The Bertz CT molecular complexity index is 533. The van der Waals surface area contributed by atoms with Crippen molar-refractivity contribution in [2.75, 3.05) is 37.4 Å². The number of pyridine rings is 1. The van der Waals surface area contributed by atoms with Gasteiger partial charge in [-0.2, -0.15) is 0 Å². The number of aromatic nitrogens is 1. The molecule has 6 heteroatoms. The van der Waals surface area contributed by atoms with Crippen LogP contribution in [0.5, 0.6) is 0 Å². The van der Waals surface area contributed by atoms with E-state index in [0.29, 0.717) is 18.3 Å². The quantitative estimate of drug-likeness (QED) is 0.833. The second-order valence-electron chi connectivity index (χ2n) is 7.21. The van der Waals surface area contributed by atoms with E-state index in [1.807, 2.05) is 25.3 Å². The van der Waals surface area contributed by atoms with Crippen molar-refractivity contribution in [1.82, 2.24) is 9.88 Å². The molecule has 1 aromatic heterocycles. The van der Waals surface area contributed by atoms with Crippen molar-refractivity contribution in [3.05, 3.63) is 18.3 Å². The maximum Gasteiger partial charge on any atom is 0.245 e. The highest BCUT2D eigenvalue weighted by molar-refractivity contribution is 5.96. The Morgan fingerprint density at radius 2 is 2.08 bits per heavy atom. The van der Waals surface area contributed by atoms with Crippen molar-refractivity contribution in [2.45, 2.75) is 51.1 Å². The summed E-state index contributed by atoms with van der Waals surface area (Å²) in [7, 11) is 4.28. The van der Waals surface area contributed by atoms with Crippen LogP contribution in [0.4, 0.5) is 11.5 Å². The van der Waals surface area contributed by atoms with E-state index in [0.717, 1.165) is 38.0 Å². The normalized spacial score (nSPS) is 18.5. The lowest BCUT2D eigenvalue weighted by atomic mass is 9.96. The fourth-order valence-electron chi connectivity index (χ4n) is 3.18. The summed E-state index contributed by atoms with van der Waals surface area (Å²) in [5.41, 5.74) is 6.30. The third-order valence-corrected chi connectivity index (χ3v) is 4.84. The molecule has 1 fully saturated rings. The van der Waals surface area contributed by atoms with Crippen LogP contribution in [0.25, 0.3) is 0 Å². The van der Waals surface area contributed by atoms with Gasteiger partial charge in [0, 0.05) is 19.1 Å². The highest BCUT2D eigenvalue weighted by Crippen LogP contribution is 2.22. The molecule has 0 bridgehead atoms. The number of carbonyl (C=O) groups excluding carboxylic acids is 1. The van der Waals surface area contributed by atoms with E-state index in [1.54, 1.807) is 6.92 Å². The maximum atomic E-state index is 12.2. The summed E-state index contributed by atoms with van der Waals surface area (Å²) < 4.78 is 0. The predicted octanol–water partition coefficient (Wildman–Crippen LogP) is 2.07. The lowest BCUT2D eigenvalue weighted by Gasteiger charge is -2.36. The number of piperidine rings is 1. The van der Waals surface area contributed by atoms with Gasteiger partial charge < -0.3 is 20.9 Å². The average Bonchev–Trinajstić information content (AvgIpc) is 2.55. The van der Waals surface area contributed by atoms with Crippen LogP contribution in [0.3, 0.4) is 0 Å². The molecule has 0 aliphatic carbocycles. The molecule has 0 saturated carbocycles. The van der Waals surface area contributed by atoms with Crippen LogP contribution < -0.4 is 16.0 Å². The Kier molecular flexibility index (Phi) is 6.18. The molecule has 1 amide bonds. The standard InChI is InChI=1S/C18H31N5O/c1-5-10-18(2,19)17(24)21-16-7-6-15(13-20-16)23-11-8-14(9-12-23)22(3)4/h6-7,13-14H,5,8-12,19H2,1-4H3,(H,20,21,24). The molecule has 2 rings (SSSR count). The Morgan fingerprint density at radius 1 is 1.42 bits per heavy atom. The smallest absolute Gasteiger partial charge is 0.245 e. The zero-order valence-corrected chi connectivity index (χ0v) is 15.4. The number of hydrogen-bond donors (Lipinski definition) is 2. The van der Waals surface area contributed by atoms with E-state index in [4.69, 9.17) is 5.73 Å². The first-order valence-corrected chi connectivity index (χ1v) is 8.81. The summed E-state index contributed by atoms with van der Waals surface area (Å²) in [5, 5.41) is 2.82. The van der Waals surface area contributed by atoms with E-state index in [2.05, 4.69) is 34.2 Å². The fraction of sp³-hybridized carbons (Fsp3) is 0.667. The molecular formula is C18H31N5O. The molecule has 1 aliphatic rings. The summed E-state index contributed by atoms with van der Waals surface area (Å²) in [6.07, 6.45) is 5.68. The van der Waals surface area contributed by atoms with Crippen molar-refractivity contribution in [3.63, 3.8) is 0 Å². The van der Waals surface area contributed by atoms with E-state index >= 15 is 0 Å². The Balaban J connectivity index is 1.93. The maximum absolute atomic E-state index is 12.2. The number of nitrogens with one attached hydrogen (secondary N) is 1. The molecule has 134 valence electrons. The number of anilines is 2. The zero-order chi connectivity index (χ0) is 17.7. The van der Waals surface area contributed by atoms with Crippen molar-refractivity contribution >= 4 is 17.4 Å². The van der Waals surface area contributed by atoms with Gasteiger partial charge in [-0.15, -0.1) is 0 Å². The Morgan fingerprint density at radius 3 is 2.58 bits per heavy atom. The highest BCUT2D eigenvalue weighted by Gasteiger charge is 2.27. The van der Waals surface area contributed by atoms with E-state index in [-0.39, 0.29) is 5.91 Å². The second-order valence-corrected chi connectivity index (χ2v) is 7.21. The van der Waals surface area contributed by atoms with Crippen LogP contribution >= 0.6 is 0 Å². The molecular weight excluding hydrogens is 302 g/mol. The molecule has 6 nitrogen and oxygen atoms in total.